The highest BCUT2D eigenvalue weighted by molar-refractivity contribution is 5.99. The number of hydrogen-bond acceptors (Lipinski definition) is 10. The minimum absolute atomic E-state index is 0.00171. The number of carbonyl (C=O) groups is 1. The minimum atomic E-state index is -0.709. The highest BCUT2D eigenvalue weighted by atomic mass is 16.5. The van der Waals surface area contributed by atoms with Gasteiger partial charge in [-0.1, -0.05) is 0 Å². The third-order valence-electron chi connectivity index (χ3n) is 5.88. The van der Waals surface area contributed by atoms with Crippen LogP contribution in [0.15, 0.2) is 31.0 Å². The number of nitrogens with two attached hydrogens (primary N) is 1. The van der Waals surface area contributed by atoms with E-state index in [1.807, 2.05) is 24.6 Å². The first-order chi connectivity index (χ1) is 17.0. The second-order valence-corrected chi connectivity index (χ2v) is 8.23. The average molecular weight is 475 g/mol. The van der Waals surface area contributed by atoms with Crippen LogP contribution in [0.4, 0.5) is 23.1 Å². The Hall–Kier alpha value is -4.32. The average Bonchev–Trinajstić information content (AvgIpc) is 3.25. The molecule has 12 nitrogen and oxygen atoms in total. The molecule has 12 heteroatoms. The van der Waals surface area contributed by atoms with Crippen molar-refractivity contribution in [2.24, 2.45) is 12.8 Å². The zero-order chi connectivity index (χ0) is 24.5. The smallest absolute Gasteiger partial charge is 0.271 e. The maximum Gasteiger partial charge on any atom is 0.271 e. The van der Waals surface area contributed by atoms with Crippen molar-refractivity contribution in [3.63, 3.8) is 0 Å². The number of imidazole rings is 1. The van der Waals surface area contributed by atoms with Gasteiger partial charge >= 0.3 is 0 Å². The fraction of sp³-hybridized carbons (Fsp3) is 0.304. The van der Waals surface area contributed by atoms with Crippen LogP contribution in [-0.4, -0.2) is 68.7 Å². The third kappa shape index (κ3) is 4.19. The molecular weight excluding hydrogens is 448 g/mol. The molecule has 0 aromatic carbocycles. The molecule has 5 heterocycles. The molecule has 0 radical (unpaired) electrons. The summed E-state index contributed by atoms with van der Waals surface area (Å²) in [6.45, 7) is 4.94. The molecule has 1 fully saturated rings. The van der Waals surface area contributed by atoms with E-state index < -0.39 is 5.91 Å². The summed E-state index contributed by atoms with van der Waals surface area (Å²) in [4.78, 5) is 37.2. The molecule has 0 unspecified atom stereocenters. The van der Waals surface area contributed by atoms with Gasteiger partial charge in [-0.2, -0.15) is 0 Å². The van der Waals surface area contributed by atoms with Crippen LogP contribution in [0.1, 0.15) is 16.1 Å². The number of anilines is 4. The number of rotatable bonds is 6. The lowest BCUT2D eigenvalue weighted by molar-refractivity contribution is 0.0996. The molecule has 1 saturated heterocycles. The molecule has 0 saturated carbocycles. The number of amides is 1. The normalized spacial score (nSPS) is 13.7. The fourth-order valence-electron chi connectivity index (χ4n) is 4.15. The summed E-state index contributed by atoms with van der Waals surface area (Å²) < 4.78 is 7.29. The van der Waals surface area contributed by atoms with Crippen LogP contribution < -0.4 is 21.3 Å². The summed E-state index contributed by atoms with van der Waals surface area (Å²) >= 11 is 0. The van der Waals surface area contributed by atoms with Gasteiger partial charge < -0.3 is 30.6 Å². The van der Waals surface area contributed by atoms with E-state index >= 15 is 0 Å². The number of aryl methyl sites for hydroxylation is 2. The molecule has 4 N–H and O–H groups in total. The number of nitrogens with one attached hydrogen (secondary N) is 2. The van der Waals surface area contributed by atoms with E-state index in [1.165, 1.54) is 0 Å². The predicted molar refractivity (Wildman–Crippen MR) is 133 cm³/mol. The number of fused-ring (bicyclic) bond motifs is 1. The van der Waals surface area contributed by atoms with Crippen molar-refractivity contribution in [1.29, 1.82) is 0 Å². The molecule has 0 aliphatic carbocycles. The van der Waals surface area contributed by atoms with Gasteiger partial charge in [0.2, 0.25) is 0 Å². The third-order valence-corrected chi connectivity index (χ3v) is 5.88. The van der Waals surface area contributed by atoms with Crippen LogP contribution in [0, 0.1) is 6.92 Å². The van der Waals surface area contributed by atoms with E-state index in [4.69, 9.17) is 10.5 Å². The van der Waals surface area contributed by atoms with Crippen LogP contribution in [0.5, 0.6) is 0 Å². The summed E-state index contributed by atoms with van der Waals surface area (Å²) in [5, 5.41) is 6.22. The van der Waals surface area contributed by atoms with Crippen LogP contribution in [-0.2, 0) is 11.8 Å². The standard InChI is InChI=1S/C23H26N10O2/c1-13-8-14(9-27-23(13)33-4-6-35-7-5-33)29-22-19(20(24)34)30-18(21(25-2)31-22)15-10-26-11-16-17(15)28-12-32(16)3/h8-12H,4-7H2,1-3H3,(H2,24,34)(H2,25,29,31). The molecule has 4 aromatic rings. The molecule has 35 heavy (non-hydrogen) atoms. The molecule has 1 amide bonds. The van der Waals surface area contributed by atoms with E-state index in [-0.39, 0.29) is 11.5 Å². The Kier molecular flexibility index (Phi) is 5.87. The monoisotopic (exact) mass is 474 g/mol. The first-order valence-corrected chi connectivity index (χ1v) is 11.2. The summed E-state index contributed by atoms with van der Waals surface area (Å²) in [7, 11) is 3.61. The van der Waals surface area contributed by atoms with E-state index in [9.17, 15) is 4.79 Å². The number of ether oxygens (including phenoxy) is 1. The molecular formula is C23H26N10O2. The second-order valence-electron chi connectivity index (χ2n) is 8.23. The van der Waals surface area contributed by atoms with Crippen molar-refractivity contribution in [3.8, 4) is 11.3 Å². The summed E-state index contributed by atoms with van der Waals surface area (Å²) in [5.41, 5.74) is 9.96. The SMILES string of the molecule is CNc1nc(Nc2cnc(N3CCOCC3)c(C)c2)c(C(N)=O)nc1-c1cncc2c1ncn2C. The van der Waals surface area contributed by atoms with E-state index in [0.29, 0.717) is 41.5 Å². The second kappa shape index (κ2) is 9.14. The van der Waals surface area contributed by atoms with Gasteiger partial charge in [0.15, 0.2) is 17.3 Å². The van der Waals surface area contributed by atoms with Gasteiger partial charge in [0, 0.05) is 33.4 Å². The van der Waals surface area contributed by atoms with Crippen molar-refractivity contribution < 1.29 is 9.53 Å². The Morgan fingerprint density at radius 2 is 1.91 bits per heavy atom. The molecule has 4 aromatic heterocycles. The van der Waals surface area contributed by atoms with Crippen LogP contribution in [0.25, 0.3) is 22.3 Å². The van der Waals surface area contributed by atoms with Gasteiger partial charge in [0.1, 0.15) is 17.0 Å². The number of aromatic nitrogens is 6. The van der Waals surface area contributed by atoms with E-state index in [1.54, 1.807) is 32.0 Å². The quantitative estimate of drug-likeness (QED) is 0.378. The van der Waals surface area contributed by atoms with Crippen LogP contribution in [0.2, 0.25) is 0 Å². The summed E-state index contributed by atoms with van der Waals surface area (Å²) in [6.07, 6.45) is 6.77. The lowest BCUT2D eigenvalue weighted by atomic mass is 10.1. The van der Waals surface area contributed by atoms with Crippen molar-refractivity contribution in [1.82, 2.24) is 29.5 Å². The number of morpholine rings is 1. The van der Waals surface area contributed by atoms with Gasteiger partial charge in [-0.25, -0.2) is 19.9 Å². The Balaban J connectivity index is 1.54. The Labute approximate surface area is 201 Å². The maximum atomic E-state index is 12.4. The maximum absolute atomic E-state index is 12.4. The first-order valence-electron chi connectivity index (χ1n) is 11.2. The highest BCUT2D eigenvalue weighted by Crippen LogP contribution is 2.32. The minimum Gasteiger partial charge on any atom is -0.378 e. The summed E-state index contributed by atoms with van der Waals surface area (Å²) in [6, 6.07) is 1.95. The van der Waals surface area contributed by atoms with Gasteiger partial charge in [-0.3, -0.25) is 9.78 Å². The Morgan fingerprint density at radius 3 is 2.63 bits per heavy atom. The zero-order valence-electron chi connectivity index (χ0n) is 19.7. The first kappa shape index (κ1) is 22.5. The molecule has 0 spiro atoms. The van der Waals surface area contributed by atoms with Gasteiger partial charge in [0.05, 0.1) is 48.7 Å². The molecule has 5 rings (SSSR count). The van der Waals surface area contributed by atoms with Gasteiger partial charge in [-0.15, -0.1) is 0 Å². The lowest BCUT2D eigenvalue weighted by Crippen LogP contribution is -2.37. The van der Waals surface area contributed by atoms with Crippen molar-refractivity contribution in [2.75, 3.05) is 48.9 Å². The van der Waals surface area contributed by atoms with Crippen molar-refractivity contribution >= 4 is 40.1 Å². The van der Waals surface area contributed by atoms with Crippen LogP contribution in [0.3, 0.4) is 0 Å². The zero-order valence-corrected chi connectivity index (χ0v) is 19.7. The predicted octanol–water partition coefficient (Wildman–Crippen LogP) is 1.85. The Bertz CT molecular complexity index is 1410. The Morgan fingerprint density at radius 1 is 1.11 bits per heavy atom. The number of nitrogens with zero attached hydrogens (tertiary/aromatic N) is 7. The number of hydrogen-bond donors (Lipinski definition) is 3. The number of primary amides is 1. The largest absolute Gasteiger partial charge is 0.378 e. The molecule has 0 bridgehead atoms. The topological polar surface area (TPSA) is 149 Å². The number of carbonyl (C=O) groups excluding carboxylic acids is 1. The van der Waals surface area contributed by atoms with Crippen molar-refractivity contribution in [3.05, 3.63) is 42.2 Å². The van der Waals surface area contributed by atoms with Crippen LogP contribution >= 0.6 is 0 Å². The molecule has 1 aliphatic rings. The van der Waals surface area contributed by atoms with Gasteiger partial charge in [0.25, 0.3) is 5.91 Å². The summed E-state index contributed by atoms with van der Waals surface area (Å²) in [5.74, 6) is 0.876. The highest BCUT2D eigenvalue weighted by Gasteiger charge is 2.22. The molecule has 1 aliphatic heterocycles. The van der Waals surface area contributed by atoms with Crippen molar-refractivity contribution in [2.45, 2.75) is 6.92 Å². The van der Waals surface area contributed by atoms with Gasteiger partial charge in [-0.05, 0) is 18.6 Å². The van der Waals surface area contributed by atoms with E-state index in [2.05, 4.69) is 40.5 Å². The lowest BCUT2D eigenvalue weighted by Gasteiger charge is -2.29. The van der Waals surface area contributed by atoms with E-state index in [0.717, 1.165) is 30.0 Å². The molecule has 0 atom stereocenters. The fourth-order valence-corrected chi connectivity index (χ4v) is 4.15. The number of pyridine rings is 2. The molecule has 180 valence electrons.